The van der Waals surface area contributed by atoms with Gasteiger partial charge in [0, 0.05) is 16.4 Å². The summed E-state index contributed by atoms with van der Waals surface area (Å²) in [5.41, 5.74) is 1.91. The molecule has 0 fully saturated rings. The van der Waals surface area contributed by atoms with Crippen LogP contribution in [0.4, 0.5) is 0 Å². The van der Waals surface area contributed by atoms with Gasteiger partial charge in [-0.3, -0.25) is 0 Å². The molecule has 0 amide bonds. The van der Waals surface area contributed by atoms with Crippen LogP contribution in [0, 0.1) is 13.8 Å². The van der Waals surface area contributed by atoms with Crippen molar-refractivity contribution in [3.63, 3.8) is 0 Å². The van der Waals surface area contributed by atoms with Gasteiger partial charge in [-0.15, -0.1) is 4.28 Å². The van der Waals surface area contributed by atoms with E-state index in [-0.39, 0.29) is 4.90 Å². The van der Waals surface area contributed by atoms with Gasteiger partial charge in [0.1, 0.15) is 4.90 Å². The van der Waals surface area contributed by atoms with E-state index in [4.69, 9.17) is 4.28 Å². The summed E-state index contributed by atoms with van der Waals surface area (Å²) in [6.45, 7) is 3.75. The largest absolute Gasteiger partial charge is 0.396 e. The number of rotatable bonds is 3. The van der Waals surface area contributed by atoms with Gasteiger partial charge in [-0.2, -0.15) is 8.42 Å². The first-order valence-electron chi connectivity index (χ1n) is 5.47. The molecule has 5 heteroatoms. The Balaban J connectivity index is 2.30. The maximum absolute atomic E-state index is 12.0. The molecule has 1 aromatic heterocycles. The molecule has 0 aliphatic carbocycles. The molecule has 4 nitrogen and oxygen atoms in total. The fourth-order valence-corrected chi connectivity index (χ4v) is 2.35. The molecule has 2 aromatic rings. The Morgan fingerprint density at radius 1 is 1.00 bits per heavy atom. The van der Waals surface area contributed by atoms with Crippen LogP contribution in [0.3, 0.4) is 0 Å². The summed E-state index contributed by atoms with van der Waals surface area (Å²) in [6.07, 6.45) is 3.14. The Labute approximate surface area is 107 Å². The summed E-state index contributed by atoms with van der Waals surface area (Å²) in [5.74, 6) is 0. The fourth-order valence-electron chi connectivity index (χ4n) is 1.47. The van der Waals surface area contributed by atoms with Crippen LogP contribution in [0.15, 0.2) is 53.7 Å². The van der Waals surface area contributed by atoms with Crippen LogP contribution in [0.5, 0.6) is 0 Å². The second-order valence-corrected chi connectivity index (χ2v) is 5.61. The van der Waals surface area contributed by atoms with E-state index in [2.05, 4.69) is 0 Å². The molecule has 2 rings (SSSR count). The Morgan fingerprint density at radius 2 is 1.67 bits per heavy atom. The number of nitrogens with zero attached hydrogens (tertiary/aromatic N) is 1. The van der Waals surface area contributed by atoms with Gasteiger partial charge in [-0.25, -0.2) is 0 Å². The molecule has 0 saturated carbocycles. The molecule has 0 radical (unpaired) electrons. The average molecular weight is 264 g/mol. The van der Waals surface area contributed by atoms with Gasteiger partial charge in [0.25, 0.3) is 0 Å². The van der Waals surface area contributed by atoms with E-state index in [1.807, 2.05) is 19.9 Å². The zero-order chi connectivity index (χ0) is 13.2. The molecule has 0 aliphatic heterocycles. The van der Waals surface area contributed by atoms with Crippen LogP contribution in [-0.4, -0.2) is 8.42 Å². The summed E-state index contributed by atoms with van der Waals surface area (Å²) in [5, 5.41) is 0. The van der Waals surface area contributed by atoms with Crippen molar-refractivity contribution in [2.75, 3.05) is 0 Å². The summed E-state index contributed by atoms with van der Waals surface area (Å²) in [4.78, 5) is 0.141. The van der Waals surface area contributed by atoms with E-state index in [1.165, 1.54) is 16.9 Å². The van der Waals surface area contributed by atoms with Crippen LogP contribution in [0.25, 0.3) is 0 Å². The van der Waals surface area contributed by atoms with Crippen molar-refractivity contribution in [1.29, 1.82) is 0 Å². The summed E-state index contributed by atoms with van der Waals surface area (Å²) in [7, 11) is -3.78. The van der Waals surface area contributed by atoms with E-state index < -0.39 is 10.1 Å². The number of aromatic nitrogens is 1. The van der Waals surface area contributed by atoms with Crippen LogP contribution >= 0.6 is 0 Å². The lowest BCUT2D eigenvalue weighted by Crippen LogP contribution is -2.45. The summed E-state index contributed by atoms with van der Waals surface area (Å²) in [6, 6.07) is 10.1. The first-order valence-corrected chi connectivity index (χ1v) is 6.88. The van der Waals surface area contributed by atoms with Crippen molar-refractivity contribution < 1.29 is 17.4 Å². The Morgan fingerprint density at radius 3 is 2.28 bits per heavy atom. The van der Waals surface area contributed by atoms with Crippen molar-refractivity contribution in [1.82, 2.24) is 0 Å². The smallest absolute Gasteiger partial charge is 0.176 e. The monoisotopic (exact) mass is 264 g/mol. The first kappa shape index (κ1) is 12.6. The Bertz CT molecular complexity index is 648. The van der Waals surface area contributed by atoms with E-state index in [9.17, 15) is 8.42 Å². The third-order valence-electron chi connectivity index (χ3n) is 2.42. The minimum atomic E-state index is -3.78. The predicted octanol–water partition coefficient (Wildman–Crippen LogP) is 1.41. The maximum atomic E-state index is 12.0. The van der Waals surface area contributed by atoms with Gasteiger partial charge < -0.3 is 0 Å². The Hall–Kier alpha value is -1.88. The lowest BCUT2D eigenvalue weighted by molar-refractivity contribution is -0.856. The highest BCUT2D eigenvalue weighted by Gasteiger charge is 2.21. The molecular formula is C13H14NO3S+. The summed E-state index contributed by atoms with van der Waals surface area (Å²) >= 11 is 0. The predicted molar refractivity (Wildman–Crippen MR) is 66.3 cm³/mol. The molecule has 0 N–H and O–H groups in total. The van der Waals surface area contributed by atoms with Gasteiger partial charge in [-0.1, -0.05) is 17.7 Å². The molecule has 0 saturated heterocycles. The third-order valence-corrected chi connectivity index (χ3v) is 3.63. The van der Waals surface area contributed by atoms with E-state index in [0.717, 1.165) is 11.1 Å². The number of benzene rings is 1. The van der Waals surface area contributed by atoms with Gasteiger partial charge in [-0.05, 0) is 32.0 Å². The molecule has 18 heavy (non-hydrogen) atoms. The van der Waals surface area contributed by atoms with Crippen molar-refractivity contribution >= 4 is 10.1 Å². The van der Waals surface area contributed by atoms with Crippen LogP contribution in [0.1, 0.15) is 11.1 Å². The highest BCUT2D eigenvalue weighted by atomic mass is 32.2. The van der Waals surface area contributed by atoms with Crippen molar-refractivity contribution in [3.8, 4) is 0 Å². The third kappa shape index (κ3) is 2.87. The lowest BCUT2D eigenvalue weighted by Gasteiger charge is -2.01. The van der Waals surface area contributed by atoms with Gasteiger partial charge in [0.15, 0.2) is 0 Å². The lowest BCUT2D eigenvalue weighted by atomic mass is 10.2. The van der Waals surface area contributed by atoms with Gasteiger partial charge >= 0.3 is 10.1 Å². The molecule has 1 aromatic carbocycles. The molecule has 0 unspecified atom stereocenters. The fraction of sp³-hybridized carbons (Fsp3) is 0.154. The van der Waals surface area contributed by atoms with Crippen molar-refractivity contribution in [2.24, 2.45) is 0 Å². The van der Waals surface area contributed by atoms with Crippen molar-refractivity contribution in [2.45, 2.75) is 18.7 Å². The van der Waals surface area contributed by atoms with Gasteiger partial charge in [0.2, 0.25) is 12.4 Å². The quantitative estimate of drug-likeness (QED) is 0.787. The highest BCUT2D eigenvalue weighted by Crippen LogP contribution is 2.09. The van der Waals surface area contributed by atoms with Gasteiger partial charge in [0.05, 0.1) is 0 Å². The van der Waals surface area contributed by atoms with Crippen LogP contribution in [0.2, 0.25) is 0 Å². The minimum absolute atomic E-state index is 0.141. The van der Waals surface area contributed by atoms with Crippen LogP contribution < -0.4 is 9.01 Å². The first-order chi connectivity index (χ1) is 8.47. The molecule has 0 spiro atoms. The minimum Gasteiger partial charge on any atom is -0.176 e. The molecule has 1 heterocycles. The van der Waals surface area contributed by atoms with E-state index in [0.29, 0.717) is 0 Å². The zero-order valence-electron chi connectivity index (χ0n) is 10.2. The highest BCUT2D eigenvalue weighted by molar-refractivity contribution is 7.86. The molecule has 0 aliphatic rings. The van der Waals surface area contributed by atoms with Crippen LogP contribution in [-0.2, 0) is 10.1 Å². The molecule has 0 bridgehead atoms. The number of hydrogen-bond donors (Lipinski definition) is 0. The topological polar surface area (TPSA) is 47.3 Å². The SMILES string of the molecule is Cc1ccc(S(=O)(=O)O[n+]2cccc(C)c2)cc1. The zero-order valence-corrected chi connectivity index (χ0v) is 11.0. The molecule has 0 atom stereocenters. The standard InChI is InChI=1S/C13H14NO3S/c1-11-5-7-13(8-6-11)18(15,16)17-14-9-3-4-12(2)10-14/h3-10H,1-2H3/q+1. The molecular weight excluding hydrogens is 250 g/mol. The Kier molecular flexibility index (Phi) is 3.34. The maximum Gasteiger partial charge on any atom is 0.396 e. The second-order valence-electron chi connectivity index (χ2n) is 4.08. The number of pyridine rings is 1. The summed E-state index contributed by atoms with van der Waals surface area (Å²) < 4.78 is 30.1. The number of aryl methyl sites for hydroxylation is 2. The molecule has 94 valence electrons. The van der Waals surface area contributed by atoms with Crippen molar-refractivity contribution in [3.05, 3.63) is 59.9 Å². The number of hydrogen-bond acceptors (Lipinski definition) is 3. The average Bonchev–Trinajstić information content (AvgIpc) is 2.29. The van der Waals surface area contributed by atoms with E-state index >= 15 is 0 Å². The second kappa shape index (κ2) is 4.78. The van der Waals surface area contributed by atoms with E-state index in [1.54, 1.807) is 30.6 Å². The normalized spacial score (nSPS) is 11.2.